The molecule has 2 atom stereocenters. The number of hydrogen-bond donors (Lipinski definition) is 1. The summed E-state index contributed by atoms with van der Waals surface area (Å²) >= 11 is 3.03. The zero-order valence-electron chi connectivity index (χ0n) is 6.73. The van der Waals surface area contributed by atoms with E-state index in [4.69, 9.17) is 0 Å². The van der Waals surface area contributed by atoms with Gasteiger partial charge in [-0.1, -0.05) is 19.3 Å². The minimum Gasteiger partial charge on any atom is -0.377 e. The molecule has 0 bridgehead atoms. The van der Waals surface area contributed by atoms with Crippen LogP contribution in [-0.2, 0) is 0 Å². The Labute approximate surface area is 76.3 Å². The normalized spacial score (nSPS) is 37.5. The van der Waals surface area contributed by atoms with Gasteiger partial charge in [0.05, 0.1) is 0 Å². The van der Waals surface area contributed by atoms with Crippen LogP contribution in [0.5, 0.6) is 0 Å². The molecule has 1 aliphatic carbocycles. The predicted octanol–water partition coefficient (Wildman–Crippen LogP) is 2.28. The van der Waals surface area contributed by atoms with Crippen LogP contribution in [0.2, 0.25) is 0 Å². The Morgan fingerprint density at radius 2 is 2.27 bits per heavy atom. The van der Waals surface area contributed by atoms with E-state index in [9.17, 15) is 5.11 Å². The van der Waals surface area contributed by atoms with E-state index >= 15 is 0 Å². The van der Waals surface area contributed by atoms with E-state index in [1.165, 1.54) is 6.42 Å². The van der Waals surface area contributed by atoms with Gasteiger partial charge in [-0.25, -0.2) is 0 Å². The third-order valence-corrected chi connectivity index (χ3v) is 2.72. The summed E-state index contributed by atoms with van der Waals surface area (Å²) in [6.45, 7) is 2.07. The zero-order valence-corrected chi connectivity index (χ0v) is 8.32. The lowest BCUT2D eigenvalue weighted by Gasteiger charge is -2.33. The zero-order chi connectivity index (χ0) is 8.32. The fourth-order valence-electron chi connectivity index (χ4n) is 1.60. The van der Waals surface area contributed by atoms with Gasteiger partial charge in [0.2, 0.25) is 0 Å². The van der Waals surface area contributed by atoms with Gasteiger partial charge >= 0.3 is 0 Å². The Kier molecular flexibility index (Phi) is 2.98. The highest BCUT2D eigenvalue weighted by Gasteiger charge is 2.33. The van der Waals surface area contributed by atoms with E-state index < -0.39 is 5.60 Å². The summed E-state index contributed by atoms with van der Waals surface area (Å²) in [7, 11) is 0. The van der Waals surface area contributed by atoms with Crippen molar-refractivity contribution in [2.75, 3.05) is 0 Å². The summed E-state index contributed by atoms with van der Waals surface area (Å²) in [5, 5.41) is 9.94. The lowest BCUT2D eigenvalue weighted by molar-refractivity contribution is 0.0127. The quantitative estimate of drug-likeness (QED) is 0.617. The Balaban J connectivity index is 2.69. The monoisotopic (exact) mass is 216 g/mol. The maximum atomic E-state index is 9.94. The second-order valence-corrected chi connectivity index (χ2v) is 3.69. The van der Waals surface area contributed by atoms with Gasteiger partial charge in [0.25, 0.3) is 0 Å². The van der Waals surface area contributed by atoms with Crippen molar-refractivity contribution in [3.63, 3.8) is 0 Å². The van der Waals surface area contributed by atoms with E-state index in [1.54, 1.807) is 0 Å². The van der Waals surface area contributed by atoms with Crippen molar-refractivity contribution in [1.82, 2.24) is 0 Å². The molecule has 2 heteroatoms. The highest BCUT2D eigenvalue weighted by molar-refractivity contribution is 9.12. The van der Waals surface area contributed by atoms with E-state index in [2.05, 4.69) is 33.6 Å². The van der Waals surface area contributed by atoms with Crippen LogP contribution in [0.25, 0.3) is 0 Å². The first-order chi connectivity index (χ1) is 5.19. The van der Waals surface area contributed by atoms with E-state index in [0.29, 0.717) is 5.92 Å². The van der Waals surface area contributed by atoms with Gasteiger partial charge in [0.1, 0.15) is 5.60 Å². The first-order valence-corrected chi connectivity index (χ1v) is 4.83. The second kappa shape index (κ2) is 3.60. The fourth-order valence-corrected chi connectivity index (χ4v) is 1.94. The van der Waals surface area contributed by atoms with Gasteiger partial charge in [-0.05, 0) is 30.0 Å². The summed E-state index contributed by atoms with van der Waals surface area (Å²) in [6.07, 6.45) is 4.25. The Hall–Kier alpha value is 0. The van der Waals surface area contributed by atoms with Gasteiger partial charge in [0.15, 0.2) is 0 Å². The molecule has 1 nitrogen and oxygen atoms in total. The first kappa shape index (κ1) is 9.09. The number of hydrogen-bond acceptors (Lipinski definition) is 1. The molecule has 0 aromatic carbocycles. The summed E-state index contributed by atoms with van der Waals surface area (Å²) in [4.78, 5) is 2.62. The molecule has 0 aromatic heterocycles. The summed E-state index contributed by atoms with van der Waals surface area (Å²) in [5.74, 6) is 3.15. The number of halogens is 1. The molecule has 0 aromatic rings. The van der Waals surface area contributed by atoms with Crippen molar-refractivity contribution in [2.45, 2.75) is 38.2 Å². The van der Waals surface area contributed by atoms with Crippen molar-refractivity contribution in [3.05, 3.63) is 0 Å². The molecule has 1 rings (SSSR count). The molecule has 0 spiro atoms. The number of aliphatic hydroxyl groups is 1. The van der Waals surface area contributed by atoms with Crippen LogP contribution in [-0.4, -0.2) is 10.7 Å². The molecule has 1 aliphatic rings. The van der Waals surface area contributed by atoms with Crippen LogP contribution in [0.3, 0.4) is 0 Å². The summed E-state index contributed by atoms with van der Waals surface area (Å²) in [6, 6.07) is 0. The molecule has 62 valence electrons. The molecule has 11 heavy (non-hydrogen) atoms. The lowest BCUT2D eigenvalue weighted by Crippen LogP contribution is -2.37. The molecule has 0 saturated heterocycles. The van der Waals surface area contributed by atoms with Crippen LogP contribution < -0.4 is 0 Å². The molecule has 0 amide bonds. The van der Waals surface area contributed by atoms with Crippen molar-refractivity contribution in [2.24, 2.45) is 5.92 Å². The first-order valence-electron chi connectivity index (χ1n) is 4.04. The van der Waals surface area contributed by atoms with Crippen LogP contribution in [0, 0.1) is 16.7 Å². The van der Waals surface area contributed by atoms with Crippen LogP contribution >= 0.6 is 15.9 Å². The Morgan fingerprint density at radius 1 is 1.55 bits per heavy atom. The van der Waals surface area contributed by atoms with Crippen molar-refractivity contribution >= 4 is 15.9 Å². The van der Waals surface area contributed by atoms with Gasteiger partial charge < -0.3 is 5.11 Å². The van der Waals surface area contributed by atoms with Gasteiger partial charge in [0, 0.05) is 15.9 Å². The fraction of sp³-hybridized carbons (Fsp3) is 0.778. The SMILES string of the molecule is C[C@@H]1CCCC[C@@]1(O)C#CBr. The molecular formula is C9H13BrO. The smallest absolute Gasteiger partial charge is 0.128 e. The molecule has 1 N–H and O–H groups in total. The van der Waals surface area contributed by atoms with Crippen LogP contribution in [0.1, 0.15) is 32.6 Å². The maximum absolute atomic E-state index is 9.94. The van der Waals surface area contributed by atoms with Crippen molar-refractivity contribution in [1.29, 1.82) is 0 Å². The third-order valence-electron chi connectivity index (χ3n) is 2.52. The molecule has 0 radical (unpaired) electrons. The minimum absolute atomic E-state index is 0.321. The standard InChI is InChI=1S/C9H13BrO/c1-8-4-2-3-5-9(8,11)6-7-10/h8,11H,2-5H2,1H3/t8-,9-/m1/s1. The predicted molar refractivity (Wildman–Crippen MR) is 49.3 cm³/mol. The van der Waals surface area contributed by atoms with Gasteiger partial charge in [-0.2, -0.15) is 0 Å². The van der Waals surface area contributed by atoms with Crippen molar-refractivity contribution < 1.29 is 5.11 Å². The third kappa shape index (κ3) is 1.98. The molecule has 0 unspecified atom stereocenters. The average Bonchev–Trinajstić information content (AvgIpc) is 1.96. The topological polar surface area (TPSA) is 20.2 Å². The molecular weight excluding hydrogens is 204 g/mol. The Bertz CT molecular complexity index is 191. The number of rotatable bonds is 0. The van der Waals surface area contributed by atoms with Crippen molar-refractivity contribution in [3.8, 4) is 10.8 Å². The summed E-state index contributed by atoms with van der Waals surface area (Å²) < 4.78 is 0. The molecule has 0 heterocycles. The van der Waals surface area contributed by atoms with E-state index in [-0.39, 0.29) is 0 Å². The minimum atomic E-state index is -0.720. The molecule has 1 saturated carbocycles. The van der Waals surface area contributed by atoms with E-state index in [1.807, 2.05) is 0 Å². The lowest BCUT2D eigenvalue weighted by atomic mass is 9.77. The summed E-state index contributed by atoms with van der Waals surface area (Å²) in [5.41, 5.74) is -0.720. The van der Waals surface area contributed by atoms with E-state index in [0.717, 1.165) is 19.3 Å². The maximum Gasteiger partial charge on any atom is 0.128 e. The van der Waals surface area contributed by atoms with Crippen LogP contribution in [0.4, 0.5) is 0 Å². The van der Waals surface area contributed by atoms with Gasteiger partial charge in [-0.3, -0.25) is 0 Å². The van der Waals surface area contributed by atoms with Gasteiger partial charge in [-0.15, -0.1) is 0 Å². The molecule has 1 fully saturated rings. The highest BCUT2D eigenvalue weighted by Crippen LogP contribution is 2.32. The largest absolute Gasteiger partial charge is 0.377 e. The van der Waals surface area contributed by atoms with Crippen LogP contribution in [0.15, 0.2) is 0 Å². The molecule has 0 aliphatic heterocycles. The second-order valence-electron chi connectivity index (χ2n) is 3.29. The average molecular weight is 217 g/mol. The highest BCUT2D eigenvalue weighted by atomic mass is 79.9. The Morgan fingerprint density at radius 3 is 2.82 bits per heavy atom.